The summed E-state index contributed by atoms with van der Waals surface area (Å²) in [4.78, 5) is 16.6. The van der Waals surface area contributed by atoms with Crippen LogP contribution >= 0.6 is 0 Å². The summed E-state index contributed by atoms with van der Waals surface area (Å²) < 4.78 is 0. The van der Waals surface area contributed by atoms with Crippen LogP contribution in [0.3, 0.4) is 0 Å². The molecule has 2 atom stereocenters. The maximum atomic E-state index is 12.1. The fraction of sp³-hybridized carbons (Fsp3) is 0.750. The summed E-state index contributed by atoms with van der Waals surface area (Å²) in [6.45, 7) is 6.25. The van der Waals surface area contributed by atoms with Crippen molar-refractivity contribution in [1.82, 2.24) is 0 Å². The van der Waals surface area contributed by atoms with E-state index in [0.29, 0.717) is 30.4 Å². The van der Waals surface area contributed by atoms with E-state index in [9.17, 15) is 9.90 Å². The second-order valence-corrected chi connectivity index (χ2v) is 6.91. The Bertz CT molecular complexity index is 420. The Morgan fingerprint density at radius 2 is 1.95 bits per heavy atom. The van der Waals surface area contributed by atoms with Crippen LogP contribution in [-0.2, 0) is 4.79 Å². The molecule has 0 aromatic rings. The van der Waals surface area contributed by atoms with Gasteiger partial charge < -0.3 is 5.11 Å². The third-order valence-corrected chi connectivity index (χ3v) is 4.36. The first kappa shape index (κ1) is 14.3. The van der Waals surface area contributed by atoms with Crippen molar-refractivity contribution in [3.05, 3.63) is 11.3 Å². The maximum absolute atomic E-state index is 12.1. The predicted octanol–water partition coefficient (Wildman–Crippen LogP) is 3.84. The smallest absolute Gasteiger partial charge is 0.168 e. The first-order valence-electron chi connectivity index (χ1n) is 7.37. The number of carbonyl (C=O) groups is 1. The van der Waals surface area contributed by atoms with Crippen LogP contribution in [0.25, 0.3) is 0 Å². The van der Waals surface area contributed by atoms with Gasteiger partial charge >= 0.3 is 0 Å². The second-order valence-electron chi connectivity index (χ2n) is 6.91. The predicted molar refractivity (Wildman–Crippen MR) is 77.6 cm³/mol. The van der Waals surface area contributed by atoms with Crippen LogP contribution < -0.4 is 0 Å². The molecule has 19 heavy (non-hydrogen) atoms. The molecule has 0 spiro atoms. The Balaban J connectivity index is 2.11. The highest BCUT2D eigenvalue weighted by atomic mass is 16.3. The van der Waals surface area contributed by atoms with Crippen molar-refractivity contribution in [3.63, 3.8) is 0 Å². The van der Waals surface area contributed by atoms with Gasteiger partial charge in [0.15, 0.2) is 5.78 Å². The molecule has 2 rings (SSSR count). The summed E-state index contributed by atoms with van der Waals surface area (Å²) in [5, 5.41) is 10.0. The topological polar surface area (TPSA) is 49.7 Å². The van der Waals surface area contributed by atoms with Crippen LogP contribution in [0.1, 0.15) is 59.3 Å². The fourth-order valence-corrected chi connectivity index (χ4v) is 3.14. The molecular formula is C16H25NO2. The molecule has 0 aromatic heterocycles. The molecule has 2 aliphatic rings. The van der Waals surface area contributed by atoms with Crippen LogP contribution in [0, 0.1) is 11.3 Å². The third-order valence-electron chi connectivity index (χ3n) is 4.36. The molecule has 0 amide bonds. The van der Waals surface area contributed by atoms with Crippen molar-refractivity contribution < 1.29 is 9.90 Å². The van der Waals surface area contributed by atoms with Gasteiger partial charge in [-0.2, -0.15) is 0 Å². The van der Waals surface area contributed by atoms with Crippen LogP contribution in [-0.4, -0.2) is 23.1 Å². The van der Waals surface area contributed by atoms with Crippen molar-refractivity contribution in [2.75, 3.05) is 0 Å². The van der Waals surface area contributed by atoms with Gasteiger partial charge in [0.25, 0.3) is 0 Å². The van der Waals surface area contributed by atoms with E-state index < -0.39 is 0 Å². The van der Waals surface area contributed by atoms with Gasteiger partial charge in [-0.15, -0.1) is 0 Å². The number of ketones is 1. The van der Waals surface area contributed by atoms with Gasteiger partial charge in [0.1, 0.15) is 5.76 Å². The molecule has 0 aliphatic heterocycles. The van der Waals surface area contributed by atoms with Gasteiger partial charge in [-0.25, -0.2) is 0 Å². The molecule has 2 aliphatic carbocycles. The van der Waals surface area contributed by atoms with Crippen molar-refractivity contribution in [3.8, 4) is 0 Å². The van der Waals surface area contributed by atoms with E-state index in [1.807, 2.05) is 13.8 Å². The number of hydrogen-bond acceptors (Lipinski definition) is 3. The van der Waals surface area contributed by atoms with Gasteiger partial charge in [-0.3, -0.25) is 9.79 Å². The molecule has 106 valence electrons. The Labute approximate surface area is 115 Å². The van der Waals surface area contributed by atoms with Gasteiger partial charge in [0, 0.05) is 19.1 Å². The molecule has 3 heteroatoms. The van der Waals surface area contributed by atoms with Gasteiger partial charge in [0.2, 0.25) is 0 Å². The highest BCUT2D eigenvalue weighted by Crippen LogP contribution is 2.35. The molecule has 1 N–H and O–H groups in total. The number of allylic oxidation sites excluding steroid dienone is 2. The monoisotopic (exact) mass is 263 g/mol. The lowest BCUT2D eigenvalue weighted by atomic mass is 9.77. The third kappa shape index (κ3) is 3.46. The molecule has 2 unspecified atom stereocenters. The minimum absolute atomic E-state index is 0.0287. The zero-order chi connectivity index (χ0) is 14.0. The summed E-state index contributed by atoms with van der Waals surface area (Å²) in [5.74, 6) is 0.831. The zero-order valence-electron chi connectivity index (χ0n) is 12.3. The lowest BCUT2D eigenvalue weighted by Gasteiger charge is -2.29. The van der Waals surface area contributed by atoms with E-state index in [2.05, 4.69) is 11.9 Å². The lowest BCUT2D eigenvalue weighted by Crippen LogP contribution is -2.27. The van der Waals surface area contributed by atoms with Gasteiger partial charge in [-0.1, -0.05) is 33.6 Å². The zero-order valence-corrected chi connectivity index (χ0v) is 12.3. The first-order chi connectivity index (χ1) is 8.89. The van der Waals surface area contributed by atoms with Crippen molar-refractivity contribution in [2.24, 2.45) is 16.3 Å². The standard InChI is InChI=1S/C16H25NO2/c1-11-6-4-5-7-13(11)17-10-12-14(18)8-16(2,3)9-15(12)19/h10-11,13,18H,4-9H2,1-3H3. The Morgan fingerprint density at radius 3 is 2.58 bits per heavy atom. The van der Waals surface area contributed by atoms with E-state index in [4.69, 9.17) is 0 Å². The summed E-state index contributed by atoms with van der Waals surface area (Å²) in [5.41, 5.74) is 0.313. The molecule has 1 saturated carbocycles. The van der Waals surface area contributed by atoms with E-state index in [1.54, 1.807) is 6.21 Å². The van der Waals surface area contributed by atoms with E-state index in [0.717, 1.165) is 6.42 Å². The molecule has 1 fully saturated rings. The van der Waals surface area contributed by atoms with Gasteiger partial charge in [0.05, 0.1) is 11.6 Å². The number of rotatable bonds is 2. The number of aliphatic hydroxyl groups excluding tert-OH is 1. The second kappa shape index (κ2) is 5.48. The SMILES string of the molecule is CC1CCCCC1N=CC1=C(O)CC(C)(C)CC1=O. The molecule has 0 bridgehead atoms. The van der Waals surface area contributed by atoms with Crippen LogP contribution in [0.2, 0.25) is 0 Å². The largest absolute Gasteiger partial charge is 0.511 e. The first-order valence-corrected chi connectivity index (χ1v) is 7.37. The fourth-order valence-electron chi connectivity index (χ4n) is 3.14. The van der Waals surface area contributed by atoms with E-state index >= 15 is 0 Å². The summed E-state index contributed by atoms with van der Waals surface area (Å²) in [6, 6.07) is 0.316. The highest BCUT2D eigenvalue weighted by molar-refractivity contribution is 6.14. The summed E-state index contributed by atoms with van der Waals surface area (Å²) in [6.07, 6.45) is 7.53. The van der Waals surface area contributed by atoms with Crippen LogP contribution in [0.15, 0.2) is 16.3 Å². The van der Waals surface area contributed by atoms with E-state index in [1.165, 1.54) is 19.3 Å². The Hall–Kier alpha value is -1.12. The molecule has 0 radical (unpaired) electrons. The average molecular weight is 263 g/mol. The maximum Gasteiger partial charge on any atom is 0.168 e. The van der Waals surface area contributed by atoms with Crippen LogP contribution in [0.5, 0.6) is 0 Å². The normalized spacial score (nSPS) is 32.1. The molecule has 0 saturated heterocycles. The number of aliphatic hydroxyl groups is 1. The Morgan fingerprint density at radius 1 is 1.26 bits per heavy atom. The molecule has 0 heterocycles. The molecule has 0 aromatic carbocycles. The average Bonchev–Trinajstić information content (AvgIpc) is 2.28. The number of aliphatic imine (C=N–C) groups is 1. The van der Waals surface area contributed by atoms with Crippen molar-refractivity contribution in [1.29, 1.82) is 0 Å². The summed E-state index contributed by atoms with van der Waals surface area (Å²) in [7, 11) is 0. The number of carbonyl (C=O) groups excluding carboxylic acids is 1. The molecule has 3 nitrogen and oxygen atoms in total. The van der Waals surface area contributed by atoms with Gasteiger partial charge in [-0.05, 0) is 24.2 Å². The van der Waals surface area contributed by atoms with E-state index in [-0.39, 0.29) is 17.0 Å². The quantitative estimate of drug-likeness (QED) is 0.770. The minimum atomic E-state index is -0.128. The minimum Gasteiger partial charge on any atom is -0.511 e. The van der Waals surface area contributed by atoms with Crippen molar-refractivity contribution in [2.45, 2.75) is 65.3 Å². The highest BCUT2D eigenvalue weighted by Gasteiger charge is 2.32. The lowest BCUT2D eigenvalue weighted by molar-refractivity contribution is -0.117. The number of nitrogens with zero attached hydrogens (tertiary/aromatic N) is 1. The summed E-state index contributed by atoms with van der Waals surface area (Å²) >= 11 is 0. The number of Topliss-reactive ketones (excluding diaryl/α,β-unsaturated/α-hetero) is 1. The van der Waals surface area contributed by atoms with Crippen molar-refractivity contribution >= 4 is 12.0 Å². The Kier molecular flexibility index (Phi) is 4.12. The van der Waals surface area contributed by atoms with Crippen LogP contribution in [0.4, 0.5) is 0 Å². The molecular weight excluding hydrogens is 238 g/mol. The number of hydrogen-bond donors (Lipinski definition) is 1.